The van der Waals surface area contributed by atoms with Crippen molar-refractivity contribution in [1.82, 2.24) is 24.8 Å². The Morgan fingerprint density at radius 2 is 1.68 bits per heavy atom. The molecule has 0 saturated carbocycles. The molecule has 2 aromatic heterocycles. The lowest BCUT2D eigenvalue weighted by Crippen LogP contribution is -2.47. The van der Waals surface area contributed by atoms with Crippen LogP contribution in [0.1, 0.15) is 10.4 Å². The monoisotopic (exact) mass is 514 g/mol. The van der Waals surface area contributed by atoms with Gasteiger partial charge in [-0.3, -0.25) is 9.69 Å². The molecule has 1 amide bonds. The number of carbonyl (C=O) groups excluding carboxylic acids is 1. The highest BCUT2D eigenvalue weighted by Crippen LogP contribution is 2.23. The van der Waals surface area contributed by atoms with Crippen LogP contribution in [0, 0.1) is 5.82 Å². The molecule has 1 fully saturated rings. The van der Waals surface area contributed by atoms with E-state index in [2.05, 4.69) is 40.4 Å². The second-order valence-corrected chi connectivity index (χ2v) is 8.72. The molecule has 38 heavy (non-hydrogen) atoms. The van der Waals surface area contributed by atoms with Crippen molar-refractivity contribution in [1.29, 1.82) is 0 Å². The summed E-state index contributed by atoms with van der Waals surface area (Å²) in [6, 6.07) is 18.5. The topological polar surface area (TPSA) is 119 Å². The Kier molecular flexibility index (Phi) is 7.76. The molecule has 11 heteroatoms. The molecule has 0 aliphatic carbocycles. The molecular formula is C27H27FN8O2. The highest BCUT2D eigenvalue weighted by atomic mass is 19.1. The van der Waals surface area contributed by atoms with Gasteiger partial charge in [0.15, 0.2) is 5.82 Å². The quantitative estimate of drug-likeness (QED) is 0.326. The van der Waals surface area contributed by atoms with Crippen LogP contribution in [0.15, 0.2) is 72.9 Å². The van der Waals surface area contributed by atoms with E-state index in [0.717, 1.165) is 13.1 Å². The minimum atomic E-state index is -0.345. The summed E-state index contributed by atoms with van der Waals surface area (Å²) < 4.78 is 13.5. The minimum Gasteiger partial charge on any atom is -0.395 e. The standard InChI is InChI=1S/C27H27FN8O2/c28-21-9-6-19(7-10-21)24-32-26(34-27(33-24)36-14-12-35(13-15-36)16-17-37)31-23-11-8-20(18-29-23)25(38)30-22-4-2-1-3-5-22/h1-11,18,37H,12-17H2,(H,30,38)(H,29,31,32,33,34). The maximum Gasteiger partial charge on any atom is 0.257 e. The number of β-amino-alcohol motifs (C(OH)–C–C–N with tert-alkyl or cyclic N) is 1. The van der Waals surface area contributed by atoms with Gasteiger partial charge in [-0.2, -0.15) is 15.0 Å². The van der Waals surface area contributed by atoms with Crippen LogP contribution in [0.3, 0.4) is 0 Å². The highest BCUT2D eigenvalue weighted by Gasteiger charge is 2.21. The number of rotatable bonds is 8. The van der Waals surface area contributed by atoms with Gasteiger partial charge in [-0.05, 0) is 48.5 Å². The molecule has 10 nitrogen and oxygen atoms in total. The van der Waals surface area contributed by atoms with Crippen molar-refractivity contribution in [3.63, 3.8) is 0 Å². The summed E-state index contributed by atoms with van der Waals surface area (Å²) in [5.74, 6) is 1.01. The fourth-order valence-corrected chi connectivity index (χ4v) is 4.04. The number of nitrogens with zero attached hydrogens (tertiary/aromatic N) is 6. The van der Waals surface area contributed by atoms with E-state index >= 15 is 0 Å². The van der Waals surface area contributed by atoms with Crippen molar-refractivity contribution >= 4 is 29.3 Å². The van der Waals surface area contributed by atoms with Gasteiger partial charge in [-0.15, -0.1) is 0 Å². The molecule has 0 spiro atoms. The molecule has 1 saturated heterocycles. The molecule has 2 aromatic carbocycles. The Balaban J connectivity index is 1.36. The summed E-state index contributed by atoms with van der Waals surface area (Å²) >= 11 is 0. The maximum absolute atomic E-state index is 13.5. The number of aliphatic hydroxyl groups excluding tert-OH is 1. The second kappa shape index (κ2) is 11.7. The number of piperazine rings is 1. The second-order valence-electron chi connectivity index (χ2n) is 8.72. The van der Waals surface area contributed by atoms with E-state index in [1.807, 2.05) is 30.3 Å². The molecule has 4 aromatic rings. The number of anilines is 4. The van der Waals surface area contributed by atoms with Gasteiger partial charge in [0.25, 0.3) is 5.91 Å². The van der Waals surface area contributed by atoms with Gasteiger partial charge in [-0.1, -0.05) is 18.2 Å². The summed E-state index contributed by atoms with van der Waals surface area (Å²) in [6.07, 6.45) is 1.48. The van der Waals surface area contributed by atoms with E-state index in [1.54, 1.807) is 24.3 Å². The van der Waals surface area contributed by atoms with E-state index in [-0.39, 0.29) is 24.3 Å². The number of nitrogens with one attached hydrogen (secondary N) is 2. The Morgan fingerprint density at radius 3 is 2.37 bits per heavy atom. The number of para-hydroxylation sites is 1. The maximum atomic E-state index is 13.5. The van der Waals surface area contributed by atoms with E-state index in [0.29, 0.717) is 54.0 Å². The zero-order chi connectivity index (χ0) is 26.3. The first-order valence-corrected chi connectivity index (χ1v) is 12.3. The average molecular weight is 515 g/mol. The van der Waals surface area contributed by atoms with Crippen LogP contribution in [0.25, 0.3) is 11.4 Å². The van der Waals surface area contributed by atoms with Gasteiger partial charge < -0.3 is 20.6 Å². The molecule has 0 atom stereocenters. The molecule has 1 aliphatic heterocycles. The lowest BCUT2D eigenvalue weighted by Gasteiger charge is -2.34. The van der Waals surface area contributed by atoms with E-state index < -0.39 is 0 Å². The van der Waals surface area contributed by atoms with Crippen LogP contribution in [0.2, 0.25) is 0 Å². The first-order chi connectivity index (χ1) is 18.6. The highest BCUT2D eigenvalue weighted by molar-refractivity contribution is 6.04. The largest absolute Gasteiger partial charge is 0.395 e. The SMILES string of the molecule is O=C(Nc1ccccc1)c1ccc(Nc2nc(-c3ccc(F)cc3)nc(N3CCN(CCO)CC3)n2)nc1. The first kappa shape index (κ1) is 25.2. The predicted octanol–water partition coefficient (Wildman–Crippen LogP) is 3.18. The number of carbonyl (C=O) groups is 1. The summed E-state index contributed by atoms with van der Waals surface area (Å²) in [5.41, 5.74) is 1.75. The van der Waals surface area contributed by atoms with Crippen molar-refractivity contribution in [2.24, 2.45) is 0 Å². The van der Waals surface area contributed by atoms with Crippen molar-refractivity contribution in [3.8, 4) is 11.4 Å². The van der Waals surface area contributed by atoms with Crippen LogP contribution in [0.4, 0.5) is 27.8 Å². The third-order valence-electron chi connectivity index (χ3n) is 6.09. The van der Waals surface area contributed by atoms with Gasteiger partial charge >= 0.3 is 0 Å². The number of benzene rings is 2. The first-order valence-electron chi connectivity index (χ1n) is 12.3. The van der Waals surface area contributed by atoms with Crippen LogP contribution in [-0.2, 0) is 0 Å². The normalized spacial score (nSPS) is 13.8. The average Bonchev–Trinajstić information content (AvgIpc) is 2.95. The number of hydrogen-bond donors (Lipinski definition) is 3. The van der Waals surface area contributed by atoms with Crippen LogP contribution in [0.5, 0.6) is 0 Å². The van der Waals surface area contributed by atoms with Gasteiger partial charge in [0, 0.05) is 50.2 Å². The number of amides is 1. The van der Waals surface area contributed by atoms with Crippen molar-refractivity contribution in [2.75, 3.05) is 54.9 Å². The van der Waals surface area contributed by atoms with Crippen LogP contribution < -0.4 is 15.5 Å². The molecule has 0 unspecified atom stereocenters. The summed E-state index contributed by atoms with van der Waals surface area (Å²) in [5, 5.41) is 15.2. The molecule has 194 valence electrons. The lowest BCUT2D eigenvalue weighted by atomic mass is 10.2. The number of aliphatic hydroxyl groups is 1. The Hall–Kier alpha value is -4.48. The van der Waals surface area contributed by atoms with E-state index in [9.17, 15) is 14.3 Å². The Bertz CT molecular complexity index is 1360. The Morgan fingerprint density at radius 1 is 0.921 bits per heavy atom. The molecule has 3 heterocycles. The molecular weight excluding hydrogens is 487 g/mol. The van der Waals surface area contributed by atoms with Crippen molar-refractivity contribution in [2.45, 2.75) is 0 Å². The zero-order valence-electron chi connectivity index (χ0n) is 20.6. The van der Waals surface area contributed by atoms with Crippen LogP contribution >= 0.6 is 0 Å². The molecule has 5 rings (SSSR count). The van der Waals surface area contributed by atoms with Gasteiger partial charge in [-0.25, -0.2) is 9.37 Å². The Labute approximate surface area is 219 Å². The van der Waals surface area contributed by atoms with E-state index in [1.165, 1.54) is 18.3 Å². The predicted molar refractivity (Wildman–Crippen MR) is 143 cm³/mol. The third-order valence-corrected chi connectivity index (χ3v) is 6.09. The lowest BCUT2D eigenvalue weighted by molar-refractivity contribution is 0.102. The summed E-state index contributed by atoms with van der Waals surface area (Å²) in [6.45, 7) is 3.67. The number of aromatic nitrogens is 4. The molecule has 1 aliphatic rings. The zero-order valence-corrected chi connectivity index (χ0v) is 20.6. The van der Waals surface area contributed by atoms with Crippen molar-refractivity contribution < 1.29 is 14.3 Å². The number of hydrogen-bond acceptors (Lipinski definition) is 9. The van der Waals surface area contributed by atoms with E-state index in [4.69, 9.17) is 0 Å². The van der Waals surface area contributed by atoms with Gasteiger partial charge in [0.05, 0.1) is 12.2 Å². The number of halogens is 1. The molecule has 3 N–H and O–H groups in total. The fraction of sp³-hybridized carbons (Fsp3) is 0.222. The summed E-state index contributed by atoms with van der Waals surface area (Å²) in [7, 11) is 0. The molecule has 0 bridgehead atoms. The smallest absolute Gasteiger partial charge is 0.257 e. The fourth-order valence-electron chi connectivity index (χ4n) is 4.04. The third kappa shape index (κ3) is 6.25. The minimum absolute atomic E-state index is 0.119. The van der Waals surface area contributed by atoms with Crippen LogP contribution in [-0.4, -0.2) is 75.2 Å². The molecule has 0 radical (unpaired) electrons. The number of pyridine rings is 1. The van der Waals surface area contributed by atoms with Gasteiger partial charge in [0.2, 0.25) is 11.9 Å². The van der Waals surface area contributed by atoms with Crippen molar-refractivity contribution in [3.05, 3.63) is 84.3 Å². The summed E-state index contributed by atoms with van der Waals surface area (Å²) in [4.78, 5) is 34.9. The van der Waals surface area contributed by atoms with Gasteiger partial charge in [0.1, 0.15) is 11.6 Å².